The predicted molar refractivity (Wildman–Crippen MR) is 73.5 cm³/mol. The molecule has 0 bridgehead atoms. The van der Waals surface area contributed by atoms with Crippen LogP contribution in [0.25, 0.3) is 0 Å². The molecule has 1 amide bonds. The Kier molecular flexibility index (Phi) is 5.01. The molecule has 104 valence electrons. The molecule has 4 nitrogen and oxygen atoms in total. The van der Waals surface area contributed by atoms with Crippen molar-refractivity contribution in [3.8, 4) is 0 Å². The van der Waals surface area contributed by atoms with Crippen LogP contribution in [0.15, 0.2) is 0 Å². The van der Waals surface area contributed by atoms with E-state index in [0.717, 1.165) is 45.2 Å². The Bertz CT molecular complexity index is 268. The smallest absolute Gasteiger partial charge is 0.222 e. The third-order valence-electron chi connectivity index (χ3n) is 3.85. The second-order valence-electron chi connectivity index (χ2n) is 5.86. The molecule has 1 N–H and O–H groups in total. The number of rotatable bonds is 6. The van der Waals surface area contributed by atoms with Crippen molar-refractivity contribution in [1.29, 1.82) is 0 Å². The van der Waals surface area contributed by atoms with Crippen LogP contribution in [0, 0.1) is 0 Å². The highest BCUT2D eigenvalue weighted by atomic mass is 16.2. The fourth-order valence-electron chi connectivity index (χ4n) is 2.56. The zero-order chi connectivity index (χ0) is 13.0. The molecule has 0 aromatic carbocycles. The summed E-state index contributed by atoms with van der Waals surface area (Å²) in [4.78, 5) is 16.6. The maximum absolute atomic E-state index is 12.0. The van der Waals surface area contributed by atoms with E-state index in [9.17, 15) is 4.79 Å². The van der Waals surface area contributed by atoms with Crippen molar-refractivity contribution in [3.05, 3.63) is 0 Å². The monoisotopic (exact) mass is 253 g/mol. The van der Waals surface area contributed by atoms with Gasteiger partial charge in [0.15, 0.2) is 0 Å². The summed E-state index contributed by atoms with van der Waals surface area (Å²) in [5, 5.41) is 3.36. The lowest BCUT2D eigenvalue weighted by atomic mass is 10.2. The minimum absolute atomic E-state index is 0.344. The first kappa shape index (κ1) is 13.8. The molecule has 1 aliphatic heterocycles. The second kappa shape index (κ2) is 6.53. The minimum Gasteiger partial charge on any atom is -0.340 e. The Balaban J connectivity index is 1.58. The summed E-state index contributed by atoms with van der Waals surface area (Å²) < 4.78 is 0. The lowest BCUT2D eigenvalue weighted by Gasteiger charge is -2.34. The minimum atomic E-state index is 0.344. The highest BCUT2D eigenvalue weighted by Gasteiger charge is 2.31. The van der Waals surface area contributed by atoms with E-state index in [1.165, 1.54) is 12.8 Å². The van der Waals surface area contributed by atoms with Crippen LogP contribution in [0.4, 0.5) is 0 Å². The molecule has 0 atom stereocenters. The normalized spacial score (nSPS) is 21.6. The van der Waals surface area contributed by atoms with Crippen molar-refractivity contribution >= 4 is 5.91 Å². The first-order valence-electron chi connectivity index (χ1n) is 7.42. The van der Waals surface area contributed by atoms with Gasteiger partial charge in [-0.2, -0.15) is 0 Å². The molecule has 0 unspecified atom stereocenters. The molecular weight excluding hydrogens is 226 g/mol. The molecule has 4 heteroatoms. The quantitative estimate of drug-likeness (QED) is 0.719. The van der Waals surface area contributed by atoms with Gasteiger partial charge in [-0.25, -0.2) is 0 Å². The van der Waals surface area contributed by atoms with Crippen LogP contribution in [0.5, 0.6) is 0 Å². The van der Waals surface area contributed by atoms with Crippen LogP contribution >= 0.6 is 0 Å². The van der Waals surface area contributed by atoms with E-state index in [2.05, 4.69) is 24.1 Å². The molecule has 0 spiro atoms. The number of amides is 1. The fourth-order valence-corrected chi connectivity index (χ4v) is 2.56. The van der Waals surface area contributed by atoms with Gasteiger partial charge in [-0.05, 0) is 25.8 Å². The van der Waals surface area contributed by atoms with E-state index in [4.69, 9.17) is 0 Å². The highest BCUT2D eigenvalue weighted by Crippen LogP contribution is 2.27. The number of nitrogens with one attached hydrogen (secondary N) is 1. The summed E-state index contributed by atoms with van der Waals surface area (Å²) in [6, 6.07) is 1.36. The third kappa shape index (κ3) is 4.25. The number of hydrogen-bond acceptors (Lipinski definition) is 3. The summed E-state index contributed by atoms with van der Waals surface area (Å²) >= 11 is 0. The largest absolute Gasteiger partial charge is 0.340 e. The van der Waals surface area contributed by atoms with E-state index in [-0.39, 0.29) is 0 Å². The molecule has 1 aliphatic carbocycles. The lowest BCUT2D eigenvalue weighted by Crippen LogP contribution is -2.49. The standard InChI is InChI=1S/C14H27N3O/c1-12(2)15-7-3-4-14(18)17-10-8-16(9-11-17)13-5-6-13/h12-13,15H,3-11H2,1-2H3. The average Bonchev–Trinajstić information content (AvgIpc) is 3.18. The zero-order valence-electron chi connectivity index (χ0n) is 11.8. The Morgan fingerprint density at radius 1 is 1.22 bits per heavy atom. The van der Waals surface area contributed by atoms with E-state index in [0.29, 0.717) is 18.4 Å². The molecule has 2 aliphatic rings. The SMILES string of the molecule is CC(C)NCCCC(=O)N1CCN(C2CC2)CC1. The fraction of sp³-hybridized carbons (Fsp3) is 0.929. The number of carbonyl (C=O) groups is 1. The van der Waals surface area contributed by atoms with Crippen LogP contribution < -0.4 is 5.32 Å². The summed E-state index contributed by atoms with van der Waals surface area (Å²) in [5.74, 6) is 0.344. The summed E-state index contributed by atoms with van der Waals surface area (Å²) in [7, 11) is 0. The van der Waals surface area contributed by atoms with Crippen molar-refractivity contribution in [2.24, 2.45) is 0 Å². The van der Waals surface area contributed by atoms with Crippen LogP contribution in [0.3, 0.4) is 0 Å². The van der Waals surface area contributed by atoms with Gasteiger partial charge in [0.05, 0.1) is 0 Å². The molecule has 0 radical (unpaired) electrons. The van der Waals surface area contributed by atoms with Gasteiger partial charge in [-0.15, -0.1) is 0 Å². The van der Waals surface area contributed by atoms with Crippen LogP contribution in [-0.2, 0) is 4.79 Å². The maximum atomic E-state index is 12.0. The van der Waals surface area contributed by atoms with E-state index >= 15 is 0 Å². The zero-order valence-corrected chi connectivity index (χ0v) is 11.8. The number of nitrogens with zero attached hydrogens (tertiary/aromatic N) is 2. The van der Waals surface area contributed by atoms with Crippen molar-refractivity contribution in [3.63, 3.8) is 0 Å². The third-order valence-corrected chi connectivity index (χ3v) is 3.85. The van der Waals surface area contributed by atoms with Gasteiger partial charge in [0, 0.05) is 44.7 Å². The first-order chi connectivity index (χ1) is 8.66. The molecule has 1 heterocycles. The topological polar surface area (TPSA) is 35.6 Å². The van der Waals surface area contributed by atoms with Crippen molar-refractivity contribution in [1.82, 2.24) is 15.1 Å². The molecule has 1 saturated carbocycles. The lowest BCUT2D eigenvalue weighted by molar-refractivity contribution is -0.133. The van der Waals surface area contributed by atoms with Gasteiger partial charge in [0.25, 0.3) is 0 Å². The van der Waals surface area contributed by atoms with Crippen LogP contribution in [0.1, 0.15) is 39.5 Å². The Labute approximate surface area is 111 Å². The Morgan fingerprint density at radius 3 is 2.44 bits per heavy atom. The summed E-state index contributed by atoms with van der Waals surface area (Å²) in [5.41, 5.74) is 0. The molecule has 0 aromatic heterocycles. The van der Waals surface area contributed by atoms with Gasteiger partial charge >= 0.3 is 0 Å². The van der Waals surface area contributed by atoms with Crippen molar-refractivity contribution < 1.29 is 4.79 Å². The molecule has 18 heavy (non-hydrogen) atoms. The van der Waals surface area contributed by atoms with Crippen LogP contribution in [-0.4, -0.2) is 60.5 Å². The molecule has 2 rings (SSSR count). The summed E-state index contributed by atoms with van der Waals surface area (Å²) in [6.07, 6.45) is 4.40. The number of carbonyl (C=O) groups excluding carboxylic acids is 1. The van der Waals surface area contributed by atoms with Gasteiger partial charge in [-0.3, -0.25) is 9.69 Å². The van der Waals surface area contributed by atoms with Crippen LogP contribution in [0.2, 0.25) is 0 Å². The van der Waals surface area contributed by atoms with Gasteiger partial charge < -0.3 is 10.2 Å². The van der Waals surface area contributed by atoms with Gasteiger partial charge in [-0.1, -0.05) is 13.8 Å². The first-order valence-corrected chi connectivity index (χ1v) is 7.42. The van der Waals surface area contributed by atoms with E-state index in [1.807, 2.05) is 4.90 Å². The van der Waals surface area contributed by atoms with E-state index < -0.39 is 0 Å². The number of piperazine rings is 1. The van der Waals surface area contributed by atoms with Gasteiger partial charge in [0.2, 0.25) is 5.91 Å². The maximum Gasteiger partial charge on any atom is 0.222 e. The van der Waals surface area contributed by atoms with Crippen molar-refractivity contribution in [2.75, 3.05) is 32.7 Å². The van der Waals surface area contributed by atoms with Crippen molar-refractivity contribution in [2.45, 2.75) is 51.6 Å². The molecule has 0 aromatic rings. The Hall–Kier alpha value is -0.610. The summed E-state index contributed by atoms with van der Waals surface area (Å²) in [6.45, 7) is 9.27. The highest BCUT2D eigenvalue weighted by molar-refractivity contribution is 5.76. The number of hydrogen-bond donors (Lipinski definition) is 1. The van der Waals surface area contributed by atoms with E-state index in [1.54, 1.807) is 0 Å². The second-order valence-corrected chi connectivity index (χ2v) is 5.86. The molecular formula is C14H27N3O. The molecule has 2 fully saturated rings. The average molecular weight is 253 g/mol. The predicted octanol–water partition coefficient (Wildman–Crippen LogP) is 1.07. The van der Waals surface area contributed by atoms with Gasteiger partial charge in [0.1, 0.15) is 0 Å². The Morgan fingerprint density at radius 2 is 1.89 bits per heavy atom. The molecule has 1 saturated heterocycles.